The van der Waals surface area contributed by atoms with Crippen molar-refractivity contribution in [3.8, 4) is 11.1 Å². The van der Waals surface area contributed by atoms with Crippen LogP contribution in [-0.2, 0) is 0 Å². The van der Waals surface area contributed by atoms with Crippen molar-refractivity contribution in [3.63, 3.8) is 0 Å². The summed E-state index contributed by atoms with van der Waals surface area (Å²) in [5.41, 5.74) is 4.93. The first-order valence-electron chi connectivity index (χ1n) is 10.3. The van der Waals surface area contributed by atoms with Gasteiger partial charge in [-0.2, -0.15) is 0 Å². The molecule has 0 amide bonds. The van der Waals surface area contributed by atoms with Gasteiger partial charge in [-0.05, 0) is 69.4 Å². The molecule has 4 heterocycles. The molecule has 154 valence electrons. The predicted octanol–water partition coefficient (Wildman–Crippen LogP) is 10.2. The molecular formula is C28H18S4. The number of fused-ring (bicyclic) bond motifs is 2. The molecule has 0 bridgehead atoms. The fourth-order valence-electron chi connectivity index (χ4n) is 3.66. The molecule has 0 saturated heterocycles. The molecule has 32 heavy (non-hydrogen) atoms. The van der Waals surface area contributed by atoms with Gasteiger partial charge in [0.1, 0.15) is 0 Å². The van der Waals surface area contributed by atoms with Gasteiger partial charge in [0.2, 0.25) is 0 Å². The van der Waals surface area contributed by atoms with Crippen molar-refractivity contribution in [1.29, 1.82) is 0 Å². The highest BCUT2D eigenvalue weighted by atomic mass is 32.1. The second kappa shape index (κ2) is 8.64. The molecule has 0 atom stereocenters. The van der Waals surface area contributed by atoms with E-state index >= 15 is 0 Å². The van der Waals surface area contributed by atoms with Gasteiger partial charge < -0.3 is 0 Å². The first-order chi connectivity index (χ1) is 15.8. The Labute approximate surface area is 203 Å². The minimum atomic E-state index is 1.22. The number of hydrogen-bond acceptors (Lipinski definition) is 4. The van der Waals surface area contributed by atoms with Gasteiger partial charge in [-0.15, -0.1) is 45.3 Å². The first-order valence-corrected chi connectivity index (χ1v) is 13.7. The molecule has 2 aromatic carbocycles. The predicted molar refractivity (Wildman–Crippen MR) is 149 cm³/mol. The Morgan fingerprint density at radius 2 is 0.875 bits per heavy atom. The molecule has 0 aliphatic heterocycles. The lowest BCUT2D eigenvalue weighted by Gasteiger charge is -2.03. The van der Waals surface area contributed by atoms with E-state index < -0.39 is 0 Å². The molecule has 6 aromatic rings. The first kappa shape index (κ1) is 19.9. The summed E-state index contributed by atoms with van der Waals surface area (Å²) in [6, 6.07) is 26.5. The van der Waals surface area contributed by atoms with E-state index in [1.807, 2.05) is 22.7 Å². The summed E-state index contributed by atoms with van der Waals surface area (Å²) < 4.78 is 5.49. The molecule has 4 heteroatoms. The fraction of sp³-hybridized carbons (Fsp3) is 0. The van der Waals surface area contributed by atoms with E-state index in [-0.39, 0.29) is 0 Å². The Bertz CT molecular complexity index is 1370. The van der Waals surface area contributed by atoms with Crippen LogP contribution in [0.3, 0.4) is 0 Å². The second-order valence-corrected chi connectivity index (χ2v) is 11.6. The normalized spacial score (nSPS) is 12.1. The zero-order valence-electron chi connectivity index (χ0n) is 17.0. The topological polar surface area (TPSA) is 0 Å². The Morgan fingerprint density at radius 1 is 0.438 bits per heavy atom. The monoisotopic (exact) mass is 482 g/mol. The van der Waals surface area contributed by atoms with Crippen molar-refractivity contribution in [3.05, 3.63) is 104 Å². The third-order valence-electron chi connectivity index (χ3n) is 5.35. The summed E-state index contributed by atoms with van der Waals surface area (Å²) in [7, 11) is 0. The van der Waals surface area contributed by atoms with Crippen LogP contribution in [0.15, 0.2) is 83.6 Å². The van der Waals surface area contributed by atoms with Crippen molar-refractivity contribution in [2.45, 2.75) is 0 Å². The van der Waals surface area contributed by atoms with E-state index in [0.717, 1.165) is 0 Å². The molecule has 0 spiro atoms. The van der Waals surface area contributed by atoms with Gasteiger partial charge >= 0.3 is 0 Å². The molecule has 0 nitrogen and oxygen atoms in total. The highest BCUT2D eigenvalue weighted by Crippen LogP contribution is 2.32. The number of hydrogen-bond donors (Lipinski definition) is 0. The molecule has 0 aliphatic rings. The summed E-state index contributed by atoms with van der Waals surface area (Å²) in [4.78, 5) is 2.61. The fourth-order valence-corrected chi connectivity index (χ4v) is 7.71. The van der Waals surface area contributed by atoms with E-state index in [2.05, 4.69) is 108 Å². The highest BCUT2D eigenvalue weighted by molar-refractivity contribution is 7.27. The highest BCUT2D eigenvalue weighted by Gasteiger charge is 2.02. The average Bonchev–Trinajstić information content (AvgIpc) is 3.58. The van der Waals surface area contributed by atoms with E-state index in [1.165, 1.54) is 50.8 Å². The Morgan fingerprint density at radius 3 is 1.28 bits per heavy atom. The van der Waals surface area contributed by atoms with Crippen molar-refractivity contribution in [2.75, 3.05) is 0 Å². The van der Waals surface area contributed by atoms with Crippen LogP contribution >= 0.6 is 45.3 Å². The maximum Gasteiger partial charge on any atom is 0.0456 e. The number of benzene rings is 2. The average molecular weight is 483 g/mol. The summed E-state index contributed by atoms with van der Waals surface area (Å²) >= 11 is 7.31. The zero-order chi connectivity index (χ0) is 21.3. The van der Waals surface area contributed by atoms with Crippen LogP contribution in [0.25, 0.3) is 54.2 Å². The van der Waals surface area contributed by atoms with Crippen molar-refractivity contribution in [1.82, 2.24) is 0 Å². The van der Waals surface area contributed by atoms with Crippen molar-refractivity contribution < 1.29 is 0 Å². The lowest BCUT2D eigenvalue weighted by molar-refractivity contribution is 1.59. The van der Waals surface area contributed by atoms with Crippen molar-refractivity contribution in [2.24, 2.45) is 0 Å². The van der Waals surface area contributed by atoms with Crippen LogP contribution in [0.4, 0.5) is 0 Å². The van der Waals surface area contributed by atoms with Gasteiger partial charge in [-0.25, -0.2) is 0 Å². The smallest absolute Gasteiger partial charge is 0.0456 e. The minimum Gasteiger partial charge on any atom is -0.143 e. The van der Waals surface area contributed by atoms with Crippen LogP contribution in [0.5, 0.6) is 0 Å². The van der Waals surface area contributed by atoms with Crippen LogP contribution in [0.2, 0.25) is 0 Å². The molecule has 4 aromatic heterocycles. The lowest BCUT2D eigenvalue weighted by Crippen LogP contribution is -1.79. The Hall–Kier alpha value is -2.76. The van der Waals surface area contributed by atoms with Gasteiger partial charge in [0.25, 0.3) is 0 Å². The van der Waals surface area contributed by atoms with Gasteiger partial charge in [-0.3, -0.25) is 0 Å². The third kappa shape index (κ3) is 4.15. The summed E-state index contributed by atoms with van der Waals surface area (Å²) in [6.45, 7) is 0. The summed E-state index contributed by atoms with van der Waals surface area (Å²) in [5.74, 6) is 0. The zero-order valence-corrected chi connectivity index (χ0v) is 20.3. The maximum atomic E-state index is 2.27. The quantitative estimate of drug-likeness (QED) is 0.229. The summed E-state index contributed by atoms with van der Waals surface area (Å²) in [6.07, 6.45) is 8.82. The van der Waals surface area contributed by atoms with E-state index in [4.69, 9.17) is 0 Å². The molecule has 0 fully saturated rings. The molecule has 0 saturated carbocycles. The Kier molecular flexibility index (Phi) is 5.37. The van der Waals surface area contributed by atoms with E-state index in [1.54, 1.807) is 22.7 Å². The molecule has 0 unspecified atom stereocenters. The van der Waals surface area contributed by atoms with Gasteiger partial charge in [0.15, 0.2) is 0 Å². The summed E-state index contributed by atoms with van der Waals surface area (Å²) in [5, 5.41) is 4.31. The number of thiophene rings is 4. The number of rotatable bonds is 5. The molecule has 0 radical (unpaired) electrons. The Balaban J connectivity index is 1.14. The SMILES string of the molecule is C(=C\c1cc2sccc2s1)/c1ccc(-c2ccc(/C=C/c3cc4sccc4s3)cc2)cc1. The third-order valence-corrected chi connectivity index (χ3v) is 9.47. The van der Waals surface area contributed by atoms with Crippen LogP contribution in [0, 0.1) is 0 Å². The minimum absolute atomic E-state index is 1.22. The molecule has 0 N–H and O–H groups in total. The van der Waals surface area contributed by atoms with Gasteiger partial charge in [0, 0.05) is 28.6 Å². The van der Waals surface area contributed by atoms with E-state index in [9.17, 15) is 0 Å². The lowest BCUT2D eigenvalue weighted by atomic mass is 10.0. The van der Waals surface area contributed by atoms with Gasteiger partial charge in [-0.1, -0.05) is 60.7 Å². The van der Waals surface area contributed by atoms with E-state index in [0.29, 0.717) is 0 Å². The standard InChI is InChI=1S/C28H18S4/c1-7-21(8-2-19(1)5-11-23-17-27-25(31-23)13-15-29-27)22-9-3-20(4-10-22)6-12-24-18-28-26(32-24)14-16-30-28/h1-18H/b11-5+,12-6+. The molecule has 0 aliphatic carbocycles. The second-order valence-electron chi connectivity index (χ2n) is 7.51. The van der Waals surface area contributed by atoms with Crippen LogP contribution in [-0.4, -0.2) is 0 Å². The molecule has 6 rings (SSSR count). The van der Waals surface area contributed by atoms with Crippen LogP contribution < -0.4 is 0 Å². The van der Waals surface area contributed by atoms with Crippen molar-refractivity contribution >= 4 is 88.5 Å². The molecular weight excluding hydrogens is 465 g/mol. The largest absolute Gasteiger partial charge is 0.143 e. The van der Waals surface area contributed by atoms with Crippen LogP contribution in [0.1, 0.15) is 20.9 Å². The van der Waals surface area contributed by atoms with Gasteiger partial charge in [0.05, 0.1) is 0 Å². The maximum absolute atomic E-state index is 2.27.